The third kappa shape index (κ3) is 2.51. The van der Waals surface area contributed by atoms with Gasteiger partial charge >= 0.3 is 0 Å². The van der Waals surface area contributed by atoms with E-state index in [0.29, 0.717) is 11.4 Å². The Morgan fingerprint density at radius 2 is 2.30 bits per heavy atom. The molecule has 120 valence electrons. The van der Waals surface area contributed by atoms with E-state index < -0.39 is 0 Å². The zero-order valence-corrected chi connectivity index (χ0v) is 13.9. The van der Waals surface area contributed by atoms with Crippen molar-refractivity contribution in [3.63, 3.8) is 0 Å². The molecule has 3 heterocycles. The van der Waals surface area contributed by atoms with E-state index in [-0.39, 0.29) is 11.9 Å². The van der Waals surface area contributed by atoms with Gasteiger partial charge in [0.15, 0.2) is 0 Å². The molecule has 2 aromatic rings. The van der Waals surface area contributed by atoms with Crippen molar-refractivity contribution < 1.29 is 9.53 Å². The van der Waals surface area contributed by atoms with Crippen LogP contribution in [-0.4, -0.2) is 34.4 Å². The van der Waals surface area contributed by atoms with Crippen LogP contribution in [0.5, 0.6) is 5.88 Å². The molecule has 1 aliphatic carbocycles. The zero-order valence-electron chi connectivity index (χ0n) is 13.1. The van der Waals surface area contributed by atoms with E-state index in [9.17, 15) is 4.79 Å². The SMILES string of the molecule is COc1nc2c(cc1C(=O)N1CCC[C@@H]1c1nccs1)CCC2. The number of carbonyl (C=O) groups excluding carboxylic acids is 1. The van der Waals surface area contributed by atoms with Crippen molar-refractivity contribution in [2.75, 3.05) is 13.7 Å². The highest BCUT2D eigenvalue weighted by atomic mass is 32.1. The summed E-state index contributed by atoms with van der Waals surface area (Å²) in [6, 6.07) is 2.08. The number of pyridine rings is 1. The van der Waals surface area contributed by atoms with Gasteiger partial charge in [0.25, 0.3) is 5.91 Å². The summed E-state index contributed by atoms with van der Waals surface area (Å²) in [5, 5.41) is 2.98. The highest BCUT2D eigenvalue weighted by Crippen LogP contribution is 2.36. The minimum Gasteiger partial charge on any atom is -0.480 e. The minimum atomic E-state index is 0.0155. The standard InChI is InChI=1S/C17H19N3O2S/c1-22-15-12(10-11-4-2-5-13(11)19-15)17(21)20-8-3-6-14(20)16-18-7-9-23-16/h7,9-10,14H,2-6,8H2,1H3/t14-/m1/s1. The first-order chi connectivity index (χ1) is 11.3. The summed E-state index contributed by atoms with van der Waals surface area (Å²) >= 11 is 1.61. The molecule has 1 saturated heterocycles. The van der Waals surface area contributed by atoms with Crippen molar-refractivity contribution in [1.29, 1.82) is 0 Å². The zero-order chi connectivity index (χ0) is 15.8. The molecule has 2 aromatic heterocycles. The number of likely N-dealkylation sites (tertiary alicyclic amines) is 1. The van der Waals surface area contributed by atoms with Crippen LogP contribution < -0.4 is 4.74 Å². The molecule has 4 rings (SSSR count). The Bertz CT molecular complexity index is 730. The second kappa shape index (κ2) is 5.92. The van der Waals surface area contributed by atoms with Gasteiger partial charge in [0.2, 0.25) is 5.88 Å². The van der Waals surface area contributed by atoms with Crippen molar-refractivity contribution in [2.24, 2.45) is 0 Å². The van der Waals surface area contributed by atoms with Crippen LogP contribution >= 0.6 is 11.3 Å². The molecule has 0 unspecified atom stereocenters. The summed E-state index contributed by atoms with van der Waals surface area (Å²) in [4.78, 5) is 24.0. The fourth-order valence-corrected chi connectivity index (χ4v) is 4.37. The maximum Gasteiger partial charge on any atom is 0.259 e. The lowest BCUT2D eigenvalue weighted by atomic mass is 10.1. The van der Waals surface area contributed by atoms with Gasteiger partial charge in [-0.1, -0.05) is 0 Å². The second-order valence-electron chi connectivity index (χ2n) is 6.03. The Kier molecular flexibility index (Phi) is 3.77. The van der Waals surface area contributed by atoms with Crippen molar-refractivity contribution in [3.8, 4) is 5.88 Å². The van der Waals surface area contributed by atoms with Crippen LogP contribution in [0.15, 0.2) is 17.6 Å². The number of fused-ring (bicyclic) bond motifs is 1. The molecule has 1 fully saturated rings. The normalized spacial score (nSPS) is 19.9. The van der Waals surface area contributed by atoms with Gasteiger partial charge in [0.1, 0.15) is 10.6 Å². The topological polar surface area (TPSA) is 55.3 Å². The third-order valence-electron chi connectivity index (χ3n) is 4.69. The lowest BCUT2D eigenvalue weighted by molar-refractivity contribution is 0.0731. The number of carbonyl (C=O) groups is 1. The number of nitrogens with zero attached hydrogens (tertiary/aromatic N) is 3. The summed E-state index contributed by atoms with van der Waals surface area (Å²) in [6.07, 6.45) is 6.87. The number of methoxy groups -OCH3 is 1. The molecule has 0 aromatic carbocycles. The largest absolute Gasteiger partial charge is 0.480 e. The first-order valence-corrected chi connectivity index (χ1v) is 8.93. The summed E-state index contributed by atoms with van der Waals surface area (Å²) in [6.45, 7) is 0.767. The molecular weight excluding hydrogens is 310 g/mol. The van der Waals surface area contributed by atoms with Gasteiger partial charge in [0.05, 0.1) is 13.2 Å². The summed E-state index contributed by atoms with van der Waals surface area (Å²) in [5.74, 6) is 0.474. The number of amides is 1. The number of thiazole rings is 1. The van der Waals surface area contributed by atoms with Gasteiger partial charge in [-0.2, -0.15) is 0 Å². The average molecular weight is 329 g/mol. The Balaban J connectivity index is 1.69. The van der Waals surface area contributed by atoms with Crippen LogP contribution in [-0.2, 0) is 12.8 Å². The molecule has 6 heteroatoms. The predicted molar refractivity (Wildman–Crippen MR) is 87.9 cm³/mol. The van der Waals surface area contributed by atoms with E-state index in [4.69, 9.17) is 4.74 Å². The number of aryl methyl sites for hydroxylation is 2. The van der Waals surface area contributed by atoms with Crippen LogP contribution in [0.4, 0.5) is 0 Å². The van der Waals surface area contributed by atoms with Gasteiger partial charge in [-0.3, -0.25) is 4.79 Å². The fraction of sp³-hybridized carbons (Fsp3) is 0.471. The first kappa shape index (κ1) is 14.6. The number of rotatable bonds is 3. The van der Waals surface area contributed by atoms with E-state index >= 15 is 0 Å². The summed E-state index contributed by atoms with van der Waals surface area (Å²) in [5.41, 5.74) is 2.87. The molecule has 1 atom stereocenters. The van der Waals surface area contributed by atoms with E-state index in [0.717, 1.165) is 49.4 Å². The number of hydrogen-bond donors (Lipinski definition) is 0. The lowest BCUT2D eigenvalue weighted by Crippen LogP contribution is -2.31. The highest BCUT2D eigenvalue weighted by molar-refractivity contribution is 7.09. The van der Waals surface area contributed by atoms with Gasteiger partial charge in [-0.15, -0.1) is 11.3 Å². The van der Waals surface area contributed by atoms with Crippen molar-refractivity contribution >= 4 is 17.2 Å². The Morgan fingerprint density at radius 3 is 3.09 bits per heavy atom. The number of aromatic nitrogens is 2. The highest BCUT2D eigenvalue weighted by Gasteiger charge is 2.34. The maximum absolute atomic E-state index is 13.1. The summed E-state index contributed by atoms with van der Waals surface area (Å²) < 4.78 is 5.41. The molecule has 5 nitrogen and oxygen atoms in total. The van der Waals surface area contributed by atoms with Crippen LogP contribution in [0.25, 0.3) is 0 Å². The Morgan fingerprint density at radius 1 is 1.39 bits per heavy atom. The smallest absolute Gasteiger partial charge is 0.259 e. The van der Waals surface area contributed by atoms with Crippen molar-refractivity contribution in [2.45, 2.75) is 38.1 Å². The summed E-state index contributed by atoms with van der Waals surface area (Å²) in [7, 11) is 1.59. The van der Waals surface area contributed by atoms with Crippen LogP contribution in [0.2, 0.25) is 0 Å². The van der Waals surface area contributed by atoms with E-state index in [1.165, 1.54) is 5.56 Å². The van der Waals surface area contributed by atoms with Gasteiger partial charge < -0.3 is 9.64 Å². The third-order valence-corrected chi connectivity index (χ3v) is 5.57. The molecule has 0 spiro atoms. The van der Waals surface area contributed by atoms with Crippen LogP contribution in [0, 0.1) is 0 Å². The minimum absolute atomic E-state index is 0.0155. The number of hydrogen-bond acceptors (Lipinski definition) is 5. The average Bonchev–Trinajstić information content (AvgIpc) is 3.32. The molecule has 0 radical (unpaired) electrons. The van der Waals surface area contributed by atoms with E-state index in [1.54, 1.807) is 24.6 Å². The van der Waals surface area contributed by atoms with Gasteiger partial charge in [-0.25, -0.2) is 9.97 Å². The first-order valence-electron chi connectivity index (χ1n) is 8.05. The van der Waals surface area contributed by atoms with Gasteiger partial charge in [-0.05, 0) is 43.7 Å². The monoisotopic (exact) mass is 329 g/mol. The number of ether oxygens (including phenoxy) is 1. The predicted octanol–water partition coefficient (Wildman–Crippen LogP) is 3.01. The molecule has 2 aliphatic rings. The van der Waals surface area contributed by atoms with Crippen LogP contribution in [0.3, 0.4) is 0 Å². The lowest BCUT2D eigenvalue weighted by Gasteiger charge is -2.24. The molecule has 23 heavy (non-hydrogen) atoms. The van der Waals surface area contributed by atoms with Crippen molar-refractivity contribution in [1.82, 2.24) is 14.9 Å². The van der Waals surface area contributed by atoms with E-state index in [1.807, 2.05) is 16.3 Å². The molecular formula is C17H19N3O2S. The molecule has 0 bridgehead atoms. The quantitative estimate of drug-likeness (QED) is 0.868. The molecule has 1 aliphatic heterocycles. The maximum atomic E-state index is 13.1. The van der Waals surface area contributed by atoms with Gasteiger partial charge in [0, 0.05) is 23.8 Å². The Labute approximate surface area is 139 Å². The molecule has 1 amide bonds. The second-order valence-corrected chi connectivity index (χ2v) is 6.96. The fourth-order valence-electron chi connectivity index (χ4n) is 3.58. The Hall–Kier alpha value is -1.95. The molecule has 0 saturated carbocycles. The van der Waals surface area contributed by atoms with Crippen molar-refractivity contribution in [3.05, 3.63) is 39.5 Å². The molecule has 0 N–H and O–H groups in total. The van der Waals surface area contributed by atoms with E-state index in [2.05, 4.69) is 9.97 Å². The van der Waals surface area contributed by atoms with Crippen LogP contribution in [0.1, 0.15) is 51.9 Å².